The third-order valence-electron chi connectivity index (χ3n) is 6.96. The van der Waals surface area contributed by atoms with Crippen LogP contribution in [-0.4, -0.2) is 79.8 Å². The van der Waals surface area contributed by atoms with Crippen LogP contribution in [0.5, 0.6) is 0 Å². The molecule has 3 fully saturated rings. The summed E-state index contributed by atoms with van der Waals surface area (Å²) in [5, 5.41) is 3.23. The van der Waals surface area contributed by atoms with Gasteiger partial charge in [0.25, 0.3) is 5.91 Å². The fraction of sp³-hybridized carbons (Fsp3) is 0.600. The fourth-order valence-electron chi connectivity index (χ4n) is 4.99. The van der Waals surface area contributed by atoms with Crippen LogP contribution in [0, 0.1) is 11.7 Å². The van der Waals surface area contributed by atoms with Crippen LogP contribution < -0.4 is 15.1 Å². The molecule has 196 valence electrons. The SMILES string of the molecule is CC(=O)OCC(=O)N1CCN(c2ccc(N3C[C@H](CNC(=S)CC4CCCC4)OC3=O)cc2F)CC1. The van der Waals surface area contributed by atoms with Gasteiger partial charge in [0, 0.05) is 39.5 Å². The zero-order chi connectivity index (χ0) is 25.7. The van der Waals surface area contributed by atoms with Gasteiger partial charge in [-0.25, -0.2) is 9.18 Å². The normalized spacial score (nSPS) is 20.4. The number of piperazine rings is 1. The number of halogens is 1. The maximum Gasteiger partial charge on any atom is 0.414 e. The van der Waals surface area contributed by atoms with Gasteiger partial charge in [0.15, 0.2) is 6.61 Å². The van der Waals surface area contributed by atoms with Crippen LogP contribution in [0.2, 0.25) is 0 Å². The predicted octanol–water partition coefficient (Wildman–Crippen LogP) is 2.86. The molecule has 2 saturated heterocycles. The molecule has 3 aliphatic rings. The van der Waals surface area contributed by atoms with Gasteiger partial charge in [-0.2, -0.15) is 0 Å². The summed E-state index contributed by atoms with van der Waals surface area (Å²) in [6.07, 6.45) is 4.99. The highest BCUT2D eigenvalue weighted by Gasteiger charge is 2.33. The van der Waals surface area contributed by atoms with E-state index < -0.39 is 17.9 Å². The standard InChI is InChI=1S/C25H33FN4O5S/c1-17(31)34-16-24(32)29-10-8-28(9-11-29)22-7-6-19(13-21(22)26)30-15-20(35-25(30)33)14-27-23(36)12-18-4-2-3-5-18/h6-7,13,18,20H,2-5,8-12,14-16H2,1H3,(H,27,36)/t20-/m0/s1. The summed E-state index contributed by atoms with van der Waals surface area (Å²) in [5.41, 5.74) is 0.848. The van der Waals surface area contributed by atoms with Gasteiger partial charge < -0.3 is 24.6 Å². The maximum atomic E-state index is 15.0. The largest absolute Gasteiger partial charge is 0.456 e. The first-order valence-electron chi connectivity index (χ1n) is 12.5. The third kappa shape index (κ3) is 6.63. The Balaban J connectivity index is 1.27. The van der Waals surface area contributed by atoms with Crippen molar-refractivity contribution in [3.63, 3.8) is 0 Å². The first kappa shape index (κ1) is 26.1. The molecule has 2 aliphatic heterocycles. The summed E-state index contributed by atoms with van der Waals surface area (Å²) in [6.45, 7) is 3.42. The lowest BCUT2D eigenvalue weighted by atomic mass is 10.0. The molecule has 1 aliphatic carbocycles. The van der Waals surface area contributed by atoms with Crippen molar-refractivity contribution in [3.8, 4) is 0 Å². The van der Waals surface area contributed by atoms with Crippen molar-refractivity contribution in [1.82, 2.24) is 10.2 Å². The molecule has 36 heavy (non-hydrogen) atoms. The molecule has 1 aromatic rings. The number of benzene rings is 1. The molecule has 0 bridgehead atoms. The molecule has 1 saturated carbocycles. The topological polar surface area (TPSA) is 91.4 Å². The molecule has 1 aromatic carbocycles. The number of amides is 2. The molecule has 0 radical (unpaired) electrons. The van der Waals surface area contributed by atoms with Gasteiger partial charge in [0.1, 0.15) is 11.9 Å². The average Bonchev–Trinajstić information content (AvgIpc) is 3.50. The second kappa shape index (κ2) is 11.9. The van der Waals surface area contributed by atoms with Crippen molar-refractivity contribution in [2.75, 3.05) is 55.7 Å². The van der Waals surface area contributed by atoms with E-state index in [0.29, 0.717) is 56.6 Å². The van der Waals surface area contributed by atoms with Crippen LogP contribution in [0.3, 0.4) is 0 Å². The number of nitrogens with one attached hydrogen (secondary N) is 1. The van der Waals surface area contributed by atoms with Gasteiger partial charge >= 0.3 is 12.1 Å². The molecular weight excluding hydrogens is 487 g/mol. The number of rotatable bonds is 8. The summed E-state index contributed by atoms with van der Waals surface area (Å²) >= 11 is 5.46. The molecular formula is C25H33FN4O5S. The summed E-state index contributed by atoms with van der Waals surface area (Å²) in [6, 6.07) is 4.70. The van der Waals surface area contributed by atoms with Crippen molar-refractivity contribution in [2.45, 2.75) is 45.1 Å². The molecule has 0 spiro atoms. The number of cyclic esters (lactones) is 1. The molecule has 0 unspecified atom stereocenters. The van der Waals surface area contributed by atoms with Crippen molar-refractivity contribution in [1.29, 1.82) is 0 Å². The van der Waals surface area contributed by atoms with Crippen LogP contribution in [-0.2, 0) is 19.1 Å². The molecule has 1 atom stereocenters. The molecule has 11 heteroatoms. The van der Waals surface area contributed by atoms with Crippen molar-refractivity contribution < 1.29 is 28.2 Å². The Kier molecular flexibility index (Phi) is 8.60. The molecule has 1 N–H and O–H groups in total. The minimum Gasteiger partial charge on any atom is -0.456 e. The zero-order valence-corrected chi connectivity index (χ0v) is 21.4. The Morgan fingerprint density at radius 1 is 1.19 bits per heavy atom. The van der Waals surface area contributed by atoms with E-state index in [4.69, 9.17) is 21.7 Å². The summed E-state index contributed by atoms with van der Waals surface area (Å²) in [5.74, 6) is -0.564. The lowest BCUT2D eigenvalue weighted by molar-refractivity contribution is -0.150. The van der Waals surface area contributed by atoms with E-state index in [1.165, 1.54) is 43.6 Å². The van der Waals surface area contributed by atoms with Crippen LogP contribution >= 0.6 is 12.2 Å². The number of ether oxygens (including phenoxy) is 2. The van der Waals surface area contributed by atoms with Gasteiger partial charge in [-0.15, -0.1) is 0 Å². The number of hydrogen-bond donors (Lipinski definition) is 1. The molecule has 9 nitrogen and oxygen atoms in total. The van der Waals surface area contributed by atoms with Gasteiger partial charge in [0.2, 0.25) is 0 Å². The van der Waals surface area contributed by atoms with Crippen LogP contribution in [0.1, 0.15) is 39.0 Å². The van der Waals surface area contributed by atoms with E-state index in [2.05, 4.69) is 5.32 Å². The Labute approximate surface area is 215 Å². The van der Waals surface area contributed by atoms with Crippen LogP contribution in [0.15, 0.2) is 18.2 Å². The Hall–Kier alpha value is -2.95. The fourth-order valence-corrected chi connectivity index (χ4v) is 5.31. The van der Waals surface area contributed by atoms with E-state index in [1.54, 1.807) is 17.0 Å². The van der Waals surface area contributed by atoms with Gasteiger partial charge in [0.05, 0.1) is 29.5 Å². The van der Waals surface area contributed by atoms with E-state index >= 15 is 4.39 Å². The first-order chi connectivity index (χ1) is 17.3. The molecule has 2 amide bonds. The number of carbonyl (C=O) groups is 3. The molecule has 2 heterocycles. The minimum atomic E-state index is -0.504. The highest BCUT2D eigenvalue weighted by Crippen LogP contribution is 2.29. The number of hydrogen-bond acceptors (Lipinski definition) is 7. The smallest absolute Gasteiger partial charge is 0.414 e. The monoisotopic (exact) mass is 520 g/mol. The maximum absolute atomic E-state index is 15.0. The second-order valence-electron chi connectivity index (χ2n) is 9.56. The first-order valence-corrected chi connectivity index (χ1v) is 12.9. The quantitative estimate of drug-likeness (QED) is 0.413. The lowest BCUT2D eigenvalue weighted by Crippen LogP contribution is -2.50. The summed E-state index contributed by atoms with van der Waals surface area (Å²) in [7, 11) is 0. The van der Waals surface area contributed by atoms with E-state index in [1.807, 2.05) is 4.90 Å². The summed E-state index contributed by atoms with van der Waals surface area (Å²) in [4.78, 5) is 41.2. The highest BCUT2D eigenvalue weighted by molar-refractivity contribution is 7.80. The predicted molar refractivity (Wildman–Crippen MR) is 137 cm³/mol. The van der Waals surface area contributed by atoms with E-state index in [-0.39, 0.29) is 18.6 Å². The Morgan fingerprint density at radius 3 is 2.58 bits per heavy atom. The molecule has 0 aromatic heterocycles. The van der Waals surface area contributed by atoms with Crippen molar-refractivity contribution in [2.24, 2.45) is 5.92 Å². The number of carbonyl (C=O) groups excluding carboxylic acids is 3. The van der Waals surface area contributed by atoms with E-state index in [9.17, 15) is 14.4 Å². The molecule has 4 rings (SSSR count). The zero-order valence-electron chi connectivity index (χ0n) is 20.5. The van der Waals surface area contributed by atoms with Crippen molar-refractivity contribution >= 4 is 46.6 Å². The van der Waals surface area contributed by atoms with Crippen molar-refractivity contribution in [3.05, 3.63) is 24.0 Å². The van der Waals surface area contributed by atoms with Gasteiger partial charge in [-0.3, -0.25) is 14.5 Å². The van der Waals surface area contributed by atoms with E-state index in [0.717, 1.165) is 11.4 Å². The second-order valence-corrected chi connectivity index (χ2v) is 10.1. The highest BCUT2D eigenvalue weighted by atomic mass is 32.1. The van der Waals surface area contributed by atoms with Gasteiger partial charge in [-0.05, 0) is 24.1 Å². The number of esters is 1. The number of anilines is 2. The lowest BCUT2D eigenvalue weighted by Gasteiger charge is -2.36. The van der Waals surface area contributed by atoms with Crippen LogP contribution in [0.4, 0.5) is 20.6 Å². The van der Waals surface area contributed by atoms with Gasteiger partial charge in [-0.1, -0.05) is 37.9 Å². The summed E-state index contributed by atoms with van der Waals surface area (Å²) < 4.78 is 25.3. The Bertz CT molecular complexity index is 995. The average molecular weight is 521 g/mol. The number of nitrogens with zero attached hydrogens (tertiary/aromatic N) is 3. The number of thiocarbonyl (C=S) groups is 1. The minimum absolute atomic E-state index is 0.267. The third-order valence-corrected chi connectivity index (χ3v) is 7.28. The Morgan fingerprint density at radius 2 is 1.92 bits per heavy atom. The van der Waals surface area contributed by atoms with Crippen LogP contribution in [0.25, 0.3) is 0 Å².